The Hall–Kier alpha value is -2.07. The van der Waals surface area contributed by atoms with E-state index in [2.05, 4.69) is 10.3 Å². The lowest BCUT2D eigenvalue weighted by Crippen LogP contribution is -2.16. The van der Waals surface area contributed by atoms with Gasteiger partial charge in [-0.05, 0) is 49.9 Å². The number of amides is 1. The maximum atomic E-state index is 12.5. The molecular weight excluding hydrogens is 312 g/mol. The Balaban J connectivity index is 1.71. The monoisotopic (exact) mass is 330 g/mol. The number of carbonyl (C=O) groups is 1. The predicted octanol–water partition coefficient (Wildman–Crippen LogP) is 4.26. The zero-order valence-corrected chi connectivity index (χ0v) is 13.9. The average molecular weight is 331 g/mol. The summed E-state index contributed by atoms with van der Waals surface area (Å²) >= 11 is 6.19. The third kappa shape index (κ3) is 3.64. The number of benzene rings is 1. The van der Waals surface area contributed by atoms with Crippen LogP contribution in [-0.2, 0) is 4.79 Å². The molecule has 5 heteroatoms. The highest BCUT2D eigenvalue weighted by molar-refractivity contribution is 6.32. The SMILES string of the molecule is CC(C)Oc1c(Cl)cccc1NC(=O)C1CC1c1cccnc1. The van der Waals surface area contributed by atoms with E-state index in [1.165, 1.54) is 0 Å². The van der Waals surface area contributed by atoms with Crippen LogP contribution in [0.3, 0.4) is 0 Å². The number of nitrogens with one attached hydrogen (secondary N) is 1. The molecule has 1 aromatic heterocycles. The van der Waals surface area contributed by atoms with Crippen molar-refractivity contribution in [3.05, 3.63) is 53.3 Å². The van der Waals surface area contributed by atoms with Gasteiger partial charge in [0.15, 0.2) is 5.75 Å². The first kappa shape index (κ1) is 15.8. The maximum Gasteiger partial charge on any atom is 0.228 e. The zero-order chi connectivity index (χ0) is 16.4. The highest BCUT2D eigenvalue weighted by Crippen LogP contribution is 2.48. The molecule has 23 heavy (non-hydrogen) atoms. The molecule has 1 aliphatic carbocycles. The number of nitrogens with zero attached hydrogens (tertiary/aromatic N) is 1. The van der Waals surface area contributed by atoms with Crippen LogP contribution in [0.15, 0.2) is 42.7 Å². The van der Waals surface area contributed by atoms with Gasteiger partial charge < -0.3 is 10.1 Å². The van der Waals surface area contributed by atoms with Gasteiger partial charge in [-0.25, -0.2) is 0 Å². The molecular formula is C18H19ClN2O2. The summed E-state index contributed by atoms with van der Waals surface area (Å²) in [5.41, 5.74) is 1.73. The van der Waals surface area contributed by atoms with Crippen molar-refractivity contribution in [2.75, 3.05) is 5.32 Å². The summed E-state index contributed by atoms with van der Waals surface area (Å²) in [5, 5.41) is 3.45. The smallest absolute Gasteiger partial charge is 0.228 e. The molecule has 1 aliphatic rings. The van der Waals surface area contributed by atoms with E-state index in [4.69, 9.17) is 16.3 Å². The first-order valence-corrected chi connectivity index (χ1v) is 8.10. The van der Waals surface area contributed by atoms with E-state index < -0.39 is 0 Å². The van der Waals surface area contributed by atoms with Crippen LogP contribution in [0.2, 0.25) is 5.02 Å². The Bertz CT molecular complexity index is 703. The standard InChI is InChI=1S/C18H19ClN2O2/c1-11(2)23-17-15(19)6-3-7-16(17)21-18(22)14-9-13(14)12-5-4-8-20-10-12/h3-8,10-11,13-14H,9H2,1-2H3,(H,21,22). The molecule has 2 aromatic rings. The van der Waals surface area contributed by atoms with Crippen LogP contribution < -0.4 is 10.1 Å². The van der Waals surface area contributed by atoms with E-state index in [-0.39, 0.29) is 23.8 Å². The van der Waals surface area contributed by atoms with E-state index in [0.29, 0.717) is 16.5 Å². The molecule has 1 fully saturated rings. The van der Waals surface area contributed by atoms with Gasteiger partial charge in [0.1, 0.15) is 0 Å². The predicted molar refractivity (Wildman–Crippen MR) is 90.9 cm³/mol. The fourth-order valence-electron chi connectivity index (χ4n) is 2.64. The Morgan fingerprint density at radius 3 is 2.87 bits per heavy atom. The number of aromatic nitrogens is 1. The molecule has 120 valence electrons. The number of rotatable bonds is 5. The van der Waals surface area contributed by atoms with Crippen LogP contribution in [0, 0.1) is 5.92 Å². The summed E-state index contributed by atoms with van der Waals surface area (Å²) < 4.78 is 5.73. The highest BCUT2D eigenvalue weighted by Gasteiger charge is 2.44. The van der Waals surface area contributed by atoms with E-state index >= 15 is 0 Å². The Kier molecular flexibility index (Phi) is 4.53. The number of para-hydroxylation sites is 1. The zero-order valence-electron chi connectivity index (χ0n) is 13.1. The normalized spacial score (nSPS) is 19.5. The molecule has 0 spiro atoms. The largest absolute Gasteiger partial charge is 0.487 e. The minimum Gasteiger partial charge on any atom is -0.487 e. The van der Waals surface area contributed by atoms with Crippen LogP contribution >= 0.6 is 11.6 Å². The van der Waals surface area contributed by atoms with Gasteiger partial charge in [0.05, 0.1) is 16.8 Å². The number of halogens is 1. The molecule has 1 saturated carbocycles. The number of hydrogen-bond donors (Lipinski definition) is 1. The van der Waals surface area contributed by atoms with Crippen molar-refractivity contribution in [1.82, 2.24) is 4.98 Å². The topological polar surface area (TPSA) is 51.2 Å². The van der Waals surface area contributed by atoms with Crippen LogP contribution in [0.4, 0.5) is 5.69 Å². The first-order chi connectivity index (χ1) is 11.1. The second-order valence-corrected chi connectivity index (χ2v) is 6.41. The summed E-state index contributed by atoms with van der Waals surface area (Å²) in [7, 11) is 0. The quantitative estimate of drug-likeness (QED) is 0.891. The fraction of sp³-hybridized carbons (Fsp3) is 0.333. The van der Waals surface area contributed by atoms with E-state index in [0.717, 1.165) is 12.0 Å². The van der Waals surface area contributed by atoms with Crippen molar-refractivity contribution in [2.45, 2.75) is 32.3 Å². The minimum absolute atomic E-state index is 0.00488. The molecule has 1 heterocycles. The summed E-state index contributed by atoms with van der Waals surface area (Å²) in [6.45, 7) is 3.85. The van der Waals surface area contributed by atoms with Crippen molar-refractivity contribution in [1.29, 1.82) is 0 Å². The first-order valence-electron chi connectivity index (χ1n) is 7.72. The number of hydrogen-bond acceptors (Lipinski definition) is 3. The van der Waals surface area contributed by atoms with E-state index in [1.807, 2.05) is 38.2 Å². The number of anilines is 1. The number of carbonyl (C=O) groups excluding carboxylic acids is 1. The molecule has 0 saturated heterocycles. The van der Waals surface area contributed by atoms with Crippen LogP contribution in [-0.4, -0.2) is 17.0 Å². The molecule has 1 amide bonds. The van der Waals surface area contributed by atoms with Gasteiger partial charge >= 0.3 is 0 Å². The molecule has 1 N–H and O–H groups in total. The van der Waals surface area contributed by atoms with Crippen LogP contribution in [0.1, 0.15) is 31.7 Å². The summed E-state index contributed by atoms with van der Waals surface area (Å²) in [6, 6.07) is 9.27. The van der Waals surface area contributed by atoms with Gasteiger partial charge in [0.2, 0.25) is 5.91 Å². The fourth-order valence-corrected chi connectivity index (χ4v) is 2.86. The second-order valence-electron chi connectivity index (χ2n) is 6.01. The maximum absolute atomic E-state index is 12.5. The van der Waals surface area contributed by atoms with Gasteiger partial charge in [-0.1, -0.05) is 23.7 Å². The summed E-state index contributed by atoms with van der Waals surface area (Å²) in [6.07, 6.45) is 4.39. The lowest BCUT2D eigenvalue weighted by Gasteiger charge is -2.16. The lowest BCUT2D eigenvalue weighted by atomic mass is 10.1. The van der Waals surface area contributed by atoms with E-state index in [9.17, 15) is 4.79 Å². The van der Waals surface area contributed by atoms with Gasteiger partial charge in [-0.15, -0.1) is 0 Å². The molecule has 0 radical (unpaired) electrons. The molecule has 2 atom stereocenters. The second kappa shape index (κ2) is 6.59. The summed E-state index contributed by atoms with van der Waals surface area (Å²) in [5.74, 6) is 0.744. The van der Waals surface area contributed by atoms with Crippen LogP contribution in [0.25, 0.3) is 0 Å². The highest BCUT2D eigenvalue weighted by atomic mass is 35.5. The van der Waals surface area contributed by atoms with Crippen LogP contribution in [0.5, 0.6) is 5.75 Å². The molecule has 4 nitrogen and oxygen atoms in total. The van der Waals surface area contributed by atoms with Crippen molar-refractivity contribution in [3.8, 4) is 5.75 Å². The number of ether oxygens (including phenoxy) is 1. The van der Waals surface area contributed by atoms with Gasteiger partial charge in [-0.2, -0.15) is 0 Å². The number of pyridine rings is 1. The Morgan fingerprint density at radius 2 is 2.17 bits per heavy atom. The van der Waals surface area contributed by atoms with Gasteiger partial charge in [0.25, 0.3) is 0 Å². The molecule has 2 unspecified atom stereocenters. The van der Waals surface area contributed by atoms with E-state index in [1.54, 1.807) is 18.3 Å². The van der Waals surface area contributed by atoms with Crippen molar-refractivity contribution in [2.24, 2.45) is 5.92 Å². The average Bonchev–Trinajstić information content (AvgIpc) is 3.32. The molecule has 0 aliphatic heterocycles. The lowest BCUT2D eigenvalue weighted by molar-refractivity contribution is -0.117. The van der Waals surface area contributed by atoms with Crippen molar-refractivity contribution < 1.29 is 9.53 Å². The van der Waals surface area contributed by atoms with Gasteiger partial charge in [0, 0.05) is 18.3 Å². The van der Waals surface area contributed by atoms with Crippen molar-refractivity contribution in [3.63, 3.8) is 0 Å². The molecule has 3 rings (SSSR count). The molecule has 1 aromatic carbocycles. The third-order valence-electron chi connectivity index (χ3n) is 3.82. The minimum atomic E-state index is -0.0231. The van der Waals surface area contributed by atoms with Gasteiger partial charge in [-0.3, -0.25) is 9.78 Å². The summed E-state index contributed by atoms with van der Waals surface area (Å²) in [4.78, 5) is 16.6. The van der Waals surface area contributed by atoms with Crippen molar-refractivity contribution >= 4 is 23.2 Å². The third-order valence-corrected chi connectivity index (χ3v) is 4.12. The Morgan fingerprint density at radius 1 is 1.35 bits per heavy atom. The Labute approximate surface area is 140 Å². The molecule has 0 bridgehead atoms.